The third-order valence-corrected chi connectivity index (χ3v) is 8.92. The van der Waals surface area contributed by atoms with Crippen LogP contribution in [0.3, 0.4) is 0 Å². The molecule has 1 unspecified atom stereocenters. The highest BCUT2D eigenvalue weighted by molar-refractivity contribution is 9.10. The molecule has 1 aliphatic carbocycles. The van der Waals surface area contributed by atoms with Crippen molar-refractivity contribution in [3.63, 3.8) is 0 Å². The fraction of sp³-hybridized carbons (Fsp3) is 0.562. The number of carbonyl (C=O) groups excluding carboxylic acids is 1. The van der Waals surface area contributed by atoms with Crippen molar-refractivity contribution in [3.05, 3.63) is 46.2 Å². The summed E-state index contributed by atoms with van der Waals surface area (Å²) in [6.45, 7) is 9.67. The van der Waals surface area contributed by atoms with Crippen LogP contribution in [0, 0.1) is 5.41 Å². The third kappa shape index (κ3) is 7.37. The van der Waals surface area contributed by atoms with E-state index < -0.39 is 30.2 Å². The lowest BCUT2D eigenvalue weighted by Crippen LogP contribution is -2.47. The van der Waals surface area contributed by atoms with Crippen LogP contribution in [0.4, 0.5) is 18.9 Å². The molecular weight excluding hydrogens is 625 g/mol. The highest BCUT2D eigenvalue weighted by Crippen LogP contribution is 2.43. The normalized spacial score (nSPS) is 17.5. The summed E-state index contributed by atoms with van der Waals surface area (Å²) >= 11 is 3.54. The monoisotopic (exact) mass is 664 g/mol. The van der Waals surface area contributed by atoms with Crippen molar-refractivity contribution in [1.29, 1.82) is 0 Å². The SMILES string of the molecule is COC(C)c1ncc(N2CCN(C3CC3)CC2)cc1-c1c(CC(C)(C)COC(C)=O)c2cc(Br)ccc2n1CC(F)(F)F. The van der Waals surface area contributed by atoms with Gasteiger partial charge in [0.05, 0.1) is 36.0 Å². The van der Waals surface area contributed by atoms with Crippen molar-refractivity contribution >= 4 is 38.5 Å². The Kier molecular flexibility index (Phi) is 9.17. The molecule has 1 aromatic carbocycles. The summed E-state index contributed by atoms with van der Waals surface area (Å²) in [4.78, 5) is 21.3. The van der Waals surface area contributed by atoms with Gasteiger partial charge in [0.25, 0.3) is 0 Å². The van der Waals surface area contributed by atoms with E-state index in [1.165, 1.54) is 24.3 Å². The van der Waals surface area contributed by atoms with Crippen molar-refractivity contribution in [2.24, 2.45) is 5.41 Å². The molecule has 0 amide bonds. The highest BCUT2D eigenvalue weighted by Gasteiger charge is 2.35. The van der Waals surface area contributed by atoms with Gasteiger partial charge in [0.2, 0.25) is 0 Å². The molecule has 7 nitrogen and oxygen atoms in total. The summed E-state index contributed by atoms with van der Waals surface area (Å²) in [5.74, 6) is -0.398. The van der Waals surface area contributed by atoms with Crippen LogP contribution in [-0.4, -0.2) is 72.5 Å². The predicted octanol–water partition coefficient (Wildman–Crippen LogP) is 7.15. The Labute approximate surface area is 259 Å². The topological polar surface area (TPSA) is 59.8 Å². The fourth-order valence-electron chi connectivity index (χ4n) is 6.10. The maximum Gasteiger partial charge on any atom is 0.406 e. The minimum atomic E-state index is -4.46. The molecule has 0 spiro atoms. The van der Waals surface area contributed by atoms with Crippen LogP contribution in [0.15, 0.2) is 34.9 Å². The molecule has 5 rings (SSSR count). The number of hydrogen-bond acceptors (Lipinski definition) is 6. The first-order chi connectivity index (χ1) is 20.3. The molecule has 1 saturated carbocycles. The molecule has 2 fully saturated rings. The lowest BCUT2D eigenvalue weighted by atomic mass is 9.84. The van der Waals surface area contributed by atoms with Gasteiger partial charge in [0.15, 0.2) is 0 Å². The zero-order valence-corrected chi connectivity index (χ0v) is 27.0. The molecule has 11 heteroatoms. The van der Waals surface area contributed by atoms with Crippen LogP contribution < -0.4 is 4.90 Å². The number of carbonyl (C=O) groups is 1. The number of anilines is 1. The number of benzene rings is 1. The van der Waals surface area contributed by atoms with Gasteiger partial charge in [0.1, 0.15) is 6.54 Å². The molecule has 1 saturated heterocycles. The molecule has 3 aromatic rings. The number of hydrogen-bond donors (Lipinski definition) is 0. The zero-order valence-electron chi connectivity index (χ0n) is 25.4. The van der Waals surface area contributed by atoms with Gasteiger partial charge in [-0.1, -0.05) is 29.8 Å². The maximum atomic E-state index is 14.3. The summed E-state index contributed by atoms with van der Waals surface area (Å²) in [5.41, 5.74) is 3.21. The summed E-state index contributed by atoms with van der Waals surface area (Å²) < 4.78 is 56.0. The number of alkyl halides is 3. The number of pyridine rings is 1. The van der Waals surface area contributed by atoms with Crippen LogP contribution >= 0.6 is 15.9 Å². The number of nitrogens with zero attached hydrogens (tertiary/aromatic N) is 4. The summed E-state index contributed by atoms with van der Waals surface area (Å²) in [7, 11) is 1.58. The molecule has 43 heavy (non-hydrogen) atoms. The zero-order chi connectivity index (χ0) is 31.1. The molecule has 234 valence electrons. The second-order valence-electron chi connectivity index (χ2n) is 12.6. The molecule has 0 radical (unpaired) electrons. The van der Waals surface area contributed by atoms with Crippen molar-refractivity contribution in [2.75, 3.05) is 44.8 Å². The lowest BCUT2D eigenvalue weighted by Gasteiger charge is -2.36. The predicted molar refractivity (Wildman–Crippen MR) is 165 cm³/mol. The van der Waals surface area contributed by atoms with Gasteiger partial charge in [-0.05, 0) is 56.0 Å². The van der Waals surface area contributed by atoms with E-state index in [0.717, 1.165) is 41.9 Å². The number of esters is 1. The first kappa shape index (κ1) is 31.8. The van der Waals surface area contributed by atoms with Crippen LogP contribution in [0.2, 0.25) is 0 Å². The van der Waals surface area contributed by atoms with E-state index in [0.29, 0.717) is 40.3 Å². The number of halogens is 4. The first-order valence-electron chi connectivity index (χ1n) is 14.8. The summed E-state index contributed by atoms with van der Waals surface area (Å²) in [6, 6.07) is 8.04. The molecule has 2 aromatic heterocycles. The molecule has 0 N–H and O–H groups in total. The second kappa shape index (κ2) is 12.4. The fourth-order valence-corrected chi connectivity index (χ4v) is 6.46. The molecule has 1 aliphatic heterocycles. The van der Waals surface area contributed by atoms with E-state index in [1.807, 2.05) is 39.1 Å². The number of ether oxygens (including phenoxy) is 2. The maximum absolute atomic E-state index is 14.3. The van der Waals surface area contributed by atoms with Gasteiger partial charge in [-0.3, -0.25) is 14.7 Å². The van der Waals surface area contributed by atoms with E-state index in [1.54, 1.807) is 19.2 Å². The largest absolute Gasteiger partial charge is 0.465 e. The third-order valence-electron chi connectivity index (χ3n) is 8.43. The van der Waals surface area contributed by atoms with E-state index in [9.17, 15) is 18.0 Å². The number of fused-ring (bicyclic) bond motifs is 1. The molecule has 1 atom stereocenters. The first-order valence-corrected chi connectivity index (χ1v) is 15.6. The molecule has 3 heterocycles. The summed E-state index contributed by atoms with van der Waals surface area (Å²) in [5, 5.41) is 0.712. The quantitative estimate of drug-likeness (QED) is 0.215. The van der Waals surface area contributed by atoms with Gasteiger partial charge in [-0.2, -0.15) is 13.2 Å². The van der Waals surface area contributed by atoms with E-state index >= 15 is 0 Å². The van der Waals surface area contributed by atoms with Crippen LogP contribution in [-0.2, 0) is 27.2 Å². The molecular formula is C32H40BrF3N4O3. The lowest BCUT2D eigenvalue weighted by molar-refractivity contribution is -0.144. The number of aromatic nitrogens is 2. The standard InChI is InChI=1S/C32H40BrF3N4O3/c1-20(42-5)29-26(15-24(17-37-29)39-12-10-38(11-13-39)23-7-8-23)30-27(16-31(3,4)19-43-21(2)41)25-14-22(33)6-9-28(25)40(30)18-32(34,35)36/h6,9,14-15,17,20,23H,7-8,10-13,16,18-19H2,1-5H3. The Hall–Kier alpha value is -2.63. The van der Waals surface area contributed by atoms with Crippen molar-refractivity contribution < 1.29 is 27.4 Å². The van der Waals surface area contributed by atoms with Gasteiger partial charge >= 0.3 is 12.1 Å². The highest BCUT2D eigenvalue weighted by atomic mass is 79.9. The average molecular weight is 666 g/mol. The smallest absolute Gasteiger partial charge is 0.406 e. The summed E-state index contributed by atoms with van der Waals surface area (Å²) in [6.07, 6.45) is -0.216. The average Bonchev–Trinajstić information content (AvgIpc) is 3.76. The number of rotatable bonds is 10. The number of piperazine rings is 1. The number of methoxy groups -OCH3 is 1. The van der Waals surface area contributed by atoms with Crippen LogP contribution in [0.1, 0.15) is 57.9 Å². The van der Waals surface area contributed by atoms with E-state index in [-0.39, 0.29) is 6.61 Å². The van der Waals surface area contributed by atoms with Gasteiger partial charge < -0.3 is 18.9 Å². The van der Waals surface area contributed by atoms with Crippen LogP contribution in [0.25, 0.3) is 22.2 Å². The van der Waals surface area contributed by atoms with Gasteiger partial charge in [-0.25, -0.2) is 0 Å². The van der Waals surface area contributed by atoms with Crippen LogP contribution in [0.5, 0.6) is 0 Å². The molecule has 0 bridgehead atoms. The Balaban J connectivity index is 1.70. The Morgan fingerprint density at radius 3 is 2.44 bits per heavy atom. The van der Waals surface area contributed by atoms with Crippen molar-refractivity contribution in [2.45, 2.75) is 71.8 Å². The van der Waals surface area contributed by atoms with Gasteiger partial charge in [0, 0.05) is 72.6 Å². The Morgan fingerprint density at radius 1 is 1.14 bits per heavy atom. The Morgan fingerprint density at radius 2 is 1.84 bits per heavy atom. The van der Waals surface area contributed by atoms with Crippen molar-refractivity contribution in [1.82, 2.24) is 14.5 Å². The van der Waals surface area contributed by atoms with Crippen molar-refractivity contribution in [3.8, 4) is 11.3 Å². The van der Waals surface area contributed by atoms with E-state index in [2.05, 4.69) is 25.7 Å². The minimum absolute atomic E-state index is 0.132. The Bertz CT molecular complexity index is 1480. The minimum Gasteiger partial charge on any atom is -0.465 e. The van der Waals surface area contributed by atoms with Gasteiger partial charge in [-0.15, -0.1) is 0 Å². The second-order valence-corrected chi connectivity index (χ2v) is 13.5. The molecule has 2 aliphatic rings. The van der Waals surface area contributed by atoms with E-state index in [4.69, 9.17) is 14.5 Å².